The molecule has 0 bridgehead atoms. The number of aromatic nitrogens is 2. The molecule has 9 heavy (non-hydrogen) atoms. The van der Waals surface area contributed by atoms with E-state index in [1.165, 1.54) is 6.20 Å². The second-order valence-corrected chi connectivity index (χ2v) is 1.91. The highest BCUT2D eigenvalue weighted by molar-refractivity contribution is 6.33. The number of H-pyrrole nitrogens is 1. The number of nitrogens with two attached hydrogens (primary N) is 1. The van der Waals surface area contributed by atoms with Crippen molar-refractivity contribution in [2.75, 3.05) is 0 Å². The minimum atomic E-state index is -0.0995. The average molecular weight is 145 g/mol. The van der Waals surface area contributed by atoms with Gasteiger partial charge in [-0.05, 0) is 0 Å². The molecule has 4 N–H and O–H groups in total. The lowest BCUT2D eigenvalue weighted by Gasteiger charge is -1.89. The van der Waals surface area contributed by atoms with Gasteiger partial charge in [0.2, 0.25) is 0 Å². The first kappa shape index (κ1) is 6.10. The molecule has 0 aromatic carbocycles. The predicted molar refractivity (Wildman–Crippen MR) is 34.6 cm³/mol. The summed E-state index contributed by atoms with van der Waals surface area (Å²) in [5, 5.41) is 13.3. The van der Waals surface area contributed by atoms with Crippen LogP contribution in [-0.4, -0.2) is 16.0 Å². The number of aromatic amines is 1. The first-order valence-corrected chi connectivity index (χ1v) is 2.63. The second-order valence-electron chi connectivity index (χ2n) is 1.51. The fraction of sp³-hybridized carbons (Fsp3) is 0. The van der Waals surface area contributed by atoms with E-state index in [9.17, 15) is 0 Å². The van der Waals surface area contributed by atoms with Gasteiger partial charge >= 0.3 is 0 Å². The lowest BCUT2D eigenvalue weighted by atomic mass is 10.4. The monoisotopic (exact) mass is 144 g/mol. The van der Waals surface area contributed by atoms with Crippen LogP contribution in [0.25, 0.3) is 0 Å². The van der Waals surface area contributed by atoms with E-state index in [1.807, 2.05) is 0 Å². The van der Waals surface area contributed by atoms with Crippen LogP contribution in [-0.2, 0) is 0 Å². The zero-order valence-electron chi connectivity index (χ0n) is 4.48. The third kappa shape index (κ3) is 1.02. The molecule has 0 fully saturated rings. The van der Waals surface area contributed by atoms with Gasteiger partial charge < -0.3 is 5.73 Å². The minimum Gasteiger partial charge on any atom is -0.382 e. The summed E-state index contributed by atoms with van der Waals surface area (Å²) in [6.45, 7) is 0. The van der Waals surface area contributed by atoms with Gasteiger partial charge in [-0.2, -0.15) is 5.10 Å². The van der Waals surface area contributed by atoms with Gasteiger partial charge in [-0.1, -0.05) is 11.6 Å². The molecule has 5 heteroatoms. The van der Waals surface area contributed by atoms with Gasteiger partial charge in [0.05, 0.1) is 11.2 Å². The molecule has 0 spiro atoms. The normalized spacial score (nSPS) is 9.44. The van der Waals surface area contributed by atoms with Gasteiger partial charge in [0.1, 0.15) is 11.5 Å². The molecule has 0 saturated heterocycles. The zero-order valence-corrected chi connectivity index (χ0v) is 5.24. The molecular formula is C4H5ClN4. The molecule has 0 aliphatic heterocycles. The molecule has 48 valence electrons. The summed E-state index contributed by atoms with van der Waals surface area (Å²) in [5.41, 5.74) is 5.46. The minimum absolute atomic E-state index is 0.0995. The summed E-state index contributed by atoms with van der Waals surface area (Å²) in [4.78, 5) is 0. The van der Waals surface area contributed by atoms with Crippen molar-refractivity contribution in [2.24, 2.45) is 5.73 Å². The van der Waals surface area contributed by atoms with E-state index < -0.39 is 0 Å². The quantitative estimate of drug-likeness (QED) is 0.393. The summed E-state index contributed by atoms with van der Waals surface area (Å²) in [5.74, 6) is -0.0995. The second kappa shape index (κ2) is 2.06. The molecule has 0 atom stereocenters. The van der Waals surface area contributed by atoms with Crippen molar-refractivity contribution < 1.29 is 0 Å². The molecule has 0 amide bonds. The first-order chi connectivity index (χ1) is 4.22. The van der Waals surface area contributed by atoms with Gasteiger partial charge in [0.25, 0.3) is 0 Å². The summed E-state index contributed by atoms with van der Waals surface area (Å²) in [7, 11) is 0. The molecule has 1 aromatic rings. The van der Waals surface area contributed by atoms with Crippen LogP contribution in [0, 0.1) is 5.41 Å². The van der Waals surface area contributed by atoms with E-state index in [0.29, 0.717) is 10.7 Å². The van der Waals surface area contributed by atoms with Crippen molar-refractivity contribution in [3.8, 4) is 0 Å². The van der Waals surface area contributed by atoms with E-state index >= 15 is 0 Å². The number of hydrogen-bond donors (Lipinski definition) is 3. The van der Waals surface area contributed by atoms with Crippen molar-refractivity contribution in [1.29, 1.82) is 5.41 Å². The fourth-order valence-electron chi connectivity index (χ4n) is 0.460. The Morgan fingerprint density at radius 2 is 2.56 bits per heavy atom. The van der Waals surface area contributed by atoms with Gasteiger partial charge in [0.15, 0.2) is 0 Å². The maximum Gasteiger partial charge on any atom is 0.142 e. The van der Waals surface area contributed by atoms with Crippen LogP contribution in [0.1, 0.15) is 5.69 Å². The van der Waals surface area contributed by atoms with Gasteiger partial charge in [-0.15, -0.1) is 0 Å². The summed E-state index contributed by atoms with van der Waals surface area (Å²) in [6.07, 6.45) is 1.40. The topological polar surface area (TPSA) is 78.5 Å². The number of amidine groups is 1. The Balaban J connectivity index is 3.08. The molecule has 0 unspecified atom stereocenters. The number of rotatable bonds is 1. The Hall–Kier alpha value is -1.03. The SMILES string of the molecule is N=C(N)c1[nH]ncc1Cl. The Bertz CT molecular complexity index is 228. The van der Waals surface area contributed by atoms with Crippen LogP contribution in [0.2, 0.25) is 5.02 Å². The lowest BCUT2D eigenvalue weighted by molar-refractivity contribution is 1.07. The molecule has 0 radical (unpaired) electrons. The molecule has 1 rings (SSSR count). The Labute approximate surface area is 56.5 Å². The lowest BCUT2D eigenvalue weighted by Crippen LogP contribution is -2.11. The van der Waals surface area contributed by atoms with Crippen LogP contribution in [0.15, 0.2) is 6.20 Å². The number of nitrogens with zero attached hydrogens (tertiary/aromatic N) is 1. The van der Waals surface area contributed by atoms with Crippen molar-refractivity contribution >= 4 is 17.4 Å². The first-order valence-electron chi connectivity index (χ1n) is 2.25. The number of hydrogen-bond acceptors (Lipinski definition) is 2. The third-order valence-corrected chi connectivity index (χ3v) is 1.15. The molecular weight excluding hydrogens is 140 g/mol. The van der Waals surface area contributed by atoms with Crippen LogP contribution >= 0.6 is 11.6 Å². The smallest absolute Gasteiger partial charge is 0.142 e. The van der Waals surface area contributed by atoms with E-state index in [2.05, 4.69) is 10.2 Å². The van der Waals surface area contributed by atoms with E-state index in [1.54, 1.807) is 0 Å². The Morgan fingerprint density at radius 3 is 2.78 bits per heavy atom. The predicted octanol–water partition coefficient (Wildman–Crippen LogP) is 0.347. The van der Waals surface area contributed by atoms with E-state index in [4.69, 9.17) is 22.7 Å². The highest BCUT2D eigenvalue weighted by atomic mass is 35.5. The third-order valence-electron chi connectivity index (χ3n) is 0.862. The van der Waals surface area contributed by atoms with Crippen molar-refractivity contribution in [3.05, 3.63) is 16.9 Å². The van der Waals surface area contributed by atoms with Crippen LogP contribution in [0.5, 0.6) is 0 Å². The molecule has 0 saturated carbocycles. The van der Waals surface area contributed by atoms with Crippen molar-refractivity contribution in [1.82, 2.24) is 10.2 Å². The van der Waals surface area contributed by atoms with Crippen LogP contribution in [0.3, 0.4) is 0 Å². The van der Waals surface area contributed by atoms with E-state index in [-0.39, 0.29) is 5.84 Å². The van der Waals surface area contributed by atoms with Crippen LogP contribution < -0.4 is 5.73 Å². The number of nitrogen functional groups attached to an aromatic ring is 1. The molecule has 1 heterocycles. The van der Waals surface area contributed by atoms with Crippen molar-refractivity contribution in [3.63, 3.8) is 0 Å². The summed E-state index contributed by atoms with van der Waals surface area (Å²) < 4.78 is 0. The maximum atomic E-state index is 6.91. The fourth-order valence-corrected chi connectivity index (χ4v) is 0.653. The number of halogens is 1. The zero-order chi connectivity index (χ0) is 6.85. The van der Waals surface area contributed by atoms with Gasteiger partial charge in [0, 0.05) is 0 Å². The largest absolute Gasteiger partial charge is 0.382 e. The number of nitrogens with one attached hydrogen (secondary N) is 2. The van der Waals surface area contributed by atoms with Gasteiger partial charge in [-0.25, -0.2) is 0 Å². The van der Waals surface area contributed by atoms with Crippen LogP contribution in [0.4, 0.5) is 0 Å². The summed E-state index contributed by atoms with van der Waals surface area (Å²) >= 11 is 5.52. The summed E-state index contributed by atoms with van der Waals surface area (Å²) in [6, 6.07) is 0. The maximum absolute atomic E-state index is 6.91. The molecule has 0 aliphatic carbocycles. The Kier molecular flexibility index (Phi) is 1.40. The van der Waals surface area contributed by atoms with Crippen molar-refractivity contribution in [2.45, 2.75) is 0 Å². The Morgan fingerprint density at radius 1 is 1.89 bits per heavy atom. The van der Waals surface area contributed by atoms with Gasteiger partial charge in [-0.3, -0.25) is 10.5 Å². The average Bonchev–Trinajstić information content (AvgIpc) is 2.13. The highest BCUT2D eigenvalue weighted by Gasteiger charge is 2.02. The molecule has 1 aromatic heterocycles. The standard InChI is InChI=1S/C4H5ClN4/c5-2-1-8-9-3(2)4(6)7/h1H,(H3,6,7)(H,8,9). The molecule has 0 aliphatic rings. The van der Waals surface area contributed by atoms with E-state index in [0.717, 1.165) is 0 Å². The highest BCUT2D eigenvalue weighted by Crippen LogP contribution is 2.09. The molecule has 4 nitrogen and oxygen atoms in total.